The number of aliphatic carboxylic acids is 1. The van der Waals surface area contributed by atoms with Crippen LogP contribution in [0.3, 0.4) is 0 Å². The summed E-state index contributed by atoms with van der Waals surface area (Å²) in [4.78, 5) is 10.6. The lowest BCUT2D eigenvalue weighted by Gasteiger charge is -2.20. The summed E-state index contributed by atoms with van der Waals surface area (Å²) in [6.07, 6.45) is 4.03. The minimum Gasteiger partial charge on any atom is -0.481 e. The number of rotatable bonds is 7. The average Bonchev–Trinajstić information content (AvgIpc) is 2.85. The third kappa shape index (κ3) is 4.53. The Morgan fingerprint density at radius 2 is 2.00 bits per heavy atom. The van der Waals surface area contributed by atoms with Crippen LogP contribution in [0.1, 0.15) is 37.3 Å². The molecule has 1 saturated carbocycles. The summed E-state index contributed by atoms with van der Waals surface area (Å²) in [7, 11) is 0. The third-order valence-electron chi connectivity index (χ3n) is 3.78. The van der Waals surface area contributed by atoms with Gasteiger partial charge in [0.1, 0.15) is 0 Å². The fraction of sp³-hybridized carbons (Fsp3) is 0.562. The first-order valence-electron chi connectivity index (χ1n) is 7.33. The van der Waals surface area contributed by atoms with Crippen LogP contribution in [0.25, 0.3) is 0 Å². The van der Waals surface area contributed by atoms with Crippen LogP contribution in [0, 0.1) is 0 Å². The van der Waals surface area contributed by atoms with Crippen molar-refractivity contribution in [3.05, 3.63) is 35.4 Å². The van der Waals surface area contributed by atoms with Gasteiger partial charge in [-0.25, -0.2) is 0 Å². The standard InChI is InChI=1S/C16H23NO2S/c1-2-20-15-5-3-4-14(15)17-11-13-8-6-12(7-9-13)10-16(18)19/h6-9,14-15,17H,2-5,10-11H2,1H3,(H,18,19). The zero-order valence-corrected chi connectivity index (χ0v) is 12.8. The van der Waals surface area contributed by atoms with Gasteiger partial charge < -0.3 is 10.4 Å². The number of nitrogens with one attached hydrogen (secondary N) is 1. The summed E-state index contributed by atoms with van der Waals surface area (Å²) in [5.74, 6) is 0.411. The molecule has 1 aliphatic rings. The lowest BCUT2D eigenvalue weighted by molar-refractivity contribution is -0.136. The fourth-order valence-electron chi connectivity index (χ4n) is 2.77. The van der Waals surface area contributed by atoms with E-state index < -0.39 is 5.97 Å². The topological polar surface area (TPSA) is 49.3 Å². The summed E-state index contributed by atoms with van der Waals surface area (Å²) < 4.78 is 0. The summed E-state index contributed by atoms with van der Waals surface area (Å²) in [6.45, 7) is 3.10. The normalized spacial score (nSPS) is 22.1. The van der Waals surface area contributed by atoms with Gasteiger partial charge in [0, 0.05) is 17.8 Å². The Balaban J connectivity index is 1.83. The van der Waals surface area contributed by atoms with Crippen LogP contribution >= 0.6 is 11.8 Å². The van der Waals surface area contributed by atoms with E-state index >= 15 is 0 Å². The first kappa shape index (κ1) is 15.4. The van der Waals surface area contributed by atoms with Gasteiger partial charge in [0.15, 0.2) is 0 Å². The predicted octanol–water partition coefficient (Wildman–Crippen LogP) is 3.08. The van der Waals surface area contributed by atoms with Gasteiger partial charge in [-0.2, -0.15) is 11.8 Å². The second-order valence-electron chi connectivity index (χ2n) is 5.30. The molecule has 0 radical (unpaired) electrons. The maximum Gasteiger partial charge on any atom is 0.307 e. The number of carboxylic acids is 1. The Kier molecular flexibility index (Phi) is 5.92. The Bertz CT molecular complexity index is 433. The van der Waals surface area contributed by atoms with Crippen molar-refractivity contribution in [3.8, 4) is 0 Å². The molecule has 2 rings (SSSR count). The predicted molar refractivity (Wildman–Crippen MR) is 84.2 cm³/mol. The van der Waals surface area contributed by atoms with E-state index in [-0.39, 0.29) is 6.42 Å². The van der Waals surface area contributed by atoms with Crippen LogP contribution in [0.15, 0.2) is 24.3 Å². The van der Waals surface area contributed by atoms with Gasteiger partial charge in [-0.3, -0.25) is 4.79 Å². The monoisotopic (exact) mass is 293 g/mol. The molecule has 0 aromatic heterocycles. The quantitative estimate of drug-likeness (QED) is 0.811. The molecule has 0 aliphatic heterocycles. The van der Waals surface area contributed by atoms with E-state index in [0.717, 1.165) is 17.4 Å². The van der Waals surface area contributed by atoms with Gasteiger partial charge >= 0.3 is 5.97 Å². The van der Waals surface area contributed by atoms with Crippen LogP contribution in [0.4, 0.5) is 0 Å². The van der Waals surface area contributed by atoms with E-state index in [1.807, 2.05) is 24.3 Å². The van der Waals surface area contributed by atoms with Crippen LogP contribution < -0.4 is 5.32 Å². The molecule has 0 amide bonds. The molecular weight excluding hydrogens is 270 g/mol. The number of thioether (sulfide) groups is 1. The summed E-state index contributed by atoms with van der Waals surface area (Å²) >= 11 is 2.06. The molecule has 0 bridgehead atoms. The third-order valence-corrected chi connectivity index (χ3v) is 5.11. The Morgan fingerprint density at radius 1 is 1.30 bits per heavy atom. The zero-order chi connectivity index (χ0) is 14.4. The Morgan fingerprint density at radius 3 is 2.65 bits per heavy atom. The van der Waals surface area contributed by atoms with E-state index in [0.29, 0.717) is 6.04 Å². The highest BCUT2D eigenvalue weighted by molar-refractivity contribution is 7.99. The number of benzene rings is 1. The fourth-order valence-corrected chi connectivity index (χ4v) is 4.00. The molecular formula is C16H23NO2S. The van der Waals surface area contributed by atoms with Gasteiger partial charge in [0.05, 0.1) is 6.42 Å². The van der Waals surface area contributed by atoms with Crippen molar-refractivity contribution in [2.45, 2.75) is 50.4 Å². The van der Waals surface area contributed by atoms with Gasteiger partial charge in [-0.15, -0.1) is 0 Å². The molecule has 1 fully saturated rings. The summed E-state index contributed by atoms with van der Waals surface area (Å²) in [6, 6.07) is 8.51. The van der Waals surface area contributed by atoms with Crippen LogP contribution in [0.2, 0.25) is 0 Å². The van der Waals surface area contributed by atoms with E-state index in [1.54, 1.807) is 0 Å². The molecule has 2 unspecified atom stereocenters. The van der Waals surface area contributed by atoms with E-state index in [4.69, 9.17) is 5.11 Å². The van der Waals surface area contributed by atoms with Crippen molar-refractivity contribution in [1.82, 2.24) is 5.32 Å². The van der Waals surface area contributed by atoms with Crippen molar-refractivity contribution in [2.24, 2.45) is 0 Å². The van der Waals surface area contributed by atoms with Crippen LogP contribution in [-0.4, -0.2) is 28.1 Å². The SMILES string of the molecule is CCSC1CCCC1NCc1ccc(CC(=O)O)cc1. The Labute approximate surface area is 125 Å². The largest absolute Gasteiger partial charge is 0.481 e. The van der Waals surface area contributed by atoms with Crippen molar-refractivity contribution in [3.63, 3.8) is 0 Å². The van der Waals surface area contributed by atoms with Crippen molar-refractivity contribution in [1.29, 1.82) is 0 Å². The highest BCUT2D eigenvalue weighted by Gasteiger charge is 2.26. The maximum atomic E-state index is 10.6. The van der Waals surface area contributed by atoms with Crippen LogP contribution in [0.5, 0.6) is 0 Å². The molecule has 3 nitrogen and oxygen atoms in total. The molecule has 2 atom stereocenters. The minimum atomic E-state index is -0.777. The molecule has 4 heteroatoms. The van der Waals surface area contributed by atoms with Gasteiger partial charge in [-0.05, 0) is 29.7 Å². The zero-order valence-electron chi connectivity index (χ0n) is 12.0. The average molecular weight is 293 g/mol. The molecule has 2 N–H and O–H groups in total. The minimum absolute atomic E-state index is 0.103. The van der Waals surface area contributed by atoms with E-state index in [2.05, 4.69) is 24.0 Å². The lowest BCUT2D eigenvalue weighted by atomic mass is 10.1. The van der Waals surface area contributed by atoms with Gasteiger partial charge in [-0.1, -0.05) is 37.6 Å². The van der Waals surface area contributed by atoms with Crippen LogP contribution in [-0.2, 0) is 17.8 Å². The Hall–Kier alpha value is -1.00. The first-order chi connectivity index (χ1) is 9.69. The second-order valence-corrected chi connectivity index (χ2v) is 6.82. The highest BCUT2D eigenvalue weighted by atomic mass is 32.2. The molecule has 0 saturated heterocycles. The van der Waals surface area contributed by atoms with Crippen molar-refractivity contribution >= 4 is 17.7 Å². The first-order valence-corrected chi connectivity index (χ1v) is 8.38. The number of carbonyl (C=O) groups is 1. The van der Waals surface area contributed by atoms with Gasteiger partial charge in [0.2, 0.25) is 0 Å². The molecule has 20 heavy (non-hydrogen) atoms. The number of hydrogen-bond acceptors (Lipinski definition) is 3. The molecule has 1 aromatic carbocycles. The smallest absolute Gasteiger partial charge is 0.307 e. The molecule has 110 valence electrons. The number of hydrogen-bond donors (Lipinski definition) is 2. The summed E-state index contributed by atoms with van der Waals surface area (Å²) in [5.41, 5.74) is 2.09. The van der Waals surface area contributed by atoms with Gasteiger partial charge in [0.25, 0.3) is 0 Å². The van der Waals surface area contributed by atoms with Crippen molar-refractivity contribution < 1.29 is 9.90 Å². The molecule has 1 aromatic rings. The van der Waals surface area contributed by atoms with E-state index in [9.17, 15) is 4.79 Å². The summed E-state index contributed by atoms with van der Waals surface area (Å²) in [5, 5.41) is 13.2. The van der Waals surface area contributed by atoms with Crippen molar-refractivity contribution in [2.75, 3.05) is 5.75 Å². The molecule has 0 spiro atoms. The molecule has 1 aliphatic carbocycles. The number of carboxylic acid groups (broad SMARTS) is 1. The maximum absolute atomic E-state index is 10.6. The lowest BCUT2D eigenvalue weighted by Crippen LogP contribution is -2.33. The highest BCUT2D eigenvalue weighted by Crippen LogP contribution is 2.30. The molecule has 0 heterocycles. The second kappa shape index (κ2) is 7.70. The van der Waals surface area contributed by atoms with E-state index in [1.165, 1.54) is 30.6 Å².